The summed E-state index contributed by atoms with van der Waals surface area (Å²) in [5, 5.41) is 16.9. The lowest BCUT2D eigenvalue weighted by molar-refractivity contribution is -0.134. The van der Waals surface area contributed by atoms with Crippen LogP contribution in [-0.2, 0) is 9.53 Å². The van der Waals surface area contributed by atoms with Crippen LogP contribution in [0.3, 0.4) is 0 Å². The van der Waals surface area contributed by atoms with E-state index in [4.69, 9.17) is 14.6 Å². The second-order valence-corrected chi connectivity index (χ2v) is 5.31. The highest BCUT2D eigenvalue weighted by Crippen LogP contribution is 2.14. The summed E-state index contributed by atoms with van der Waals surface area (Å²) in [4.78, 5) is 9.00. The van der Waals surface area contributed by atoms with E-state index in [0.29, 0.717) is 0 Å². The smallest absolute Gasteiger partial charge is 0.300 e. The predicted molar refractivity (Wildman–Crippen MR) is 73.7 cm³/mol. The molecule has 18 heavy (non-hydrogen) atoms. The van der Waals surface area contributed by atoms with Crippen molar-refractivity contribution in [3.63, 3.8) is 0 Å². The number of carbonyl (C=O) groups is 1. The lowest BCUT2D eigenvalue weighted by Gasteiger charge is -2.20. The molecule has 0 atom stereocenters. The van der Waals surface area contributed by atoms with Crippen LogP contribution in [0.25, 0.3) is 0 Å². The standard InChI is InChI=1S/C12H24O2.C2H4O2/c1-6-14-12(4,5)10-8-7-9-11(2,3)13;1-2(3)4/h8,10,13H,6-7,9H2,1-5H3;1H3,(H,3,4). The molecule has 0 aliphatic heterocycles. The van der Waals surface area contributed by atoms with Crippen LogP contribution in [0, 0.1) is 0 Å². The Hall–Kier alpha value is -0.870. The van der Waals surface area contributed by atoms with Crippen molar-refractivity contribution in [1.82, 2.24) is 0 Å². The molecular weight excluding hydrogens is 232 g/mol. The summed E-state index contributed by atoms with van der Waals surface area (Å²) in [6, 6.07) is 0. The van der Waals surface area contributed by atoms with Crippen LogP contribution in [-0.4, -0.2) is 34.0 Å². The van der Waals surface area contributed by atoms with Crippen LogP contribution < -0.4 is 0 Å². The van der Waals surface area contributed by atoms with Crippen LogP contribution in [0.2, 0.25) is 0 Å². The third kappa shape index (κ3) is 20.5. The summed E-state index contributed by atoms with van der Waals surface area (Å²) < 4.78 is 5.51. The summed E-state index contributed by atoms with van der Waals surface area (Å²) >= 11 is 0. The highest BCUT2D eigenvalue weighted by atomic mass is 16.5. The van der Waals surface area contributed by atoms with Gasteiger partial charge in [-0.25, -0.2) is 0 Å². The van der Waals surface area contributed by atoms with E-state index in [0.717, 1.165) is 26.4 Å². The molecule has 4 nitrogen and oxygen atoms in total. The van der Waals surface area contributed by atoms with Gasteiger partial charge in [0.2, 0.25) is 0 Å². The first-order chi connectivity index (χ1) is 8.00. The van der Waals surface area contributed by atoms with Crippen molar-refractivity contribution in [2.45, 2.75) is 65.6 Å². The molecule has 0 radical (unpaired) electrons. The fourth-order valence-electron chi connectivity index (χ4n) is 1.22. The minimum absolute atomic E-state index is 0.186. The molecule has 0 amide bonds. The highest BCUT2D eigenvalue weighted by Gasteiger charge is 2.13. The van der Waals surface area contributed by atoms with Crippen LogP contribution >= 0.6 is 0 Å². The predicted octanol–water partition coefficient (Wildman–Crippen LogP) is 3.00. The van der Waals surface area contributed by atoms with Crippen LogP contribution in [0.15, 0.2) is 12.2 Å². The Kier molecular flexibility index (Phi) is 9.86. The molecule has 0 aliphatic rings. The topological polar surface area (TPSA) is 66.8 Å². The molecule has 0 heterocycles. The Morgan fingerprint density at radius 2 is 1.72 bits per heavy atom. The summed E-state index contributed by atoms with van der Waals surface area (Å²) in [7, 11) is 0. The van der Waals surface area contributed by atoms with Crippen LogP contribution in [0.4, 0.5) is 0 Å². The van der Waals surface area contributed by atoms with Gasteiger partial charge in [0, 0.05) is 13.5 Å². The van der Waals surface area contributed by atoms with Gasteiger partial charge >= 0.3 is 0 Å². The molecular formula is C14H28O4. The third-order valence-corrected chi connectivity index (χ3v) is 1.96. The molecule has 0 spiro atoms. The number of ether oxygens (including phenoxy) is 1. The maximum Gasteiger partial charge on any atom is 0.300 e. The van der Waals surface area contributed by atoms with Crippen molar-refractivity contribution >= 4 is 5.97 Å². The van der Waals surface area contributed by atoms with E-state index < -0.39 is 11.6 Å². The molecule has 108 valence electrons. The van der Waals surface area contributed by atoms with Gasteiger partial charge in [-0.3, -0.25) is 4.79 Å². The van der Waals surface area contributed by atoms with E-state index in [1.165, 1.54) is 0 Å². The van der Waals surface area contributed by atoms with Gasteiger partial charge in [-0.2, -0.15) is 0 Å². The van der Waals surface area contributed by atoms with Crippen molar-refractivity contribution in [1.29, 1.82) is 0 Å². The third-order valence-electron chi connectivity index (χ3n) is 1.96. The minimum Gasteiger partial charge on any atom is -0.481 e. The van der Waals surface area contributed by atoms with Crippen LogP contribution in [0.1, 0.15) is 54.4 Å². The zero-order valence-electron chi connectivity index (χ0n) is 12.5. The van der Waals surface area contributed by atoms with Gasteiger partial charge < -0.3 is 14.9 Å². The Morgan fingerprint density at radius 3 is 2.06 bits per heavy atom. The van der Waals surface area contributed by atoms with E-state index in [-0.39, 0.29) is 5.60 Å². The molecule has 0 rings (SSSR count). The molecule has 0 fully saturated rings. The van der Waals surface area contributed by atoms with Crippen molar-refractivity contribution < 1.29 is 19.7 Å². The lowest BCUT2D eigenvalue weighted by Crippen LogP contribution is -2.21. The maximum absolute atomic E-state index is 9.49. The van der Waals surface area contributed by atoms with E-state index in [9.17, 15) is 5.11 Å². The van der Waals surface area contributed by atoms with Crippen molar-refractivity contribution in [2.24, 2.45) is 0 Å². The fourth-order valence-corrected chi connectivity index (χ4v) is 1.22. The molecule has 0 aliphatic carbocycles. The molecule has 2 N–H and O–H groups in total. The number of aliphatic hydroxyl groups is 1. The molecule has 0 bridgehead atoms. The molecule has 0 aromatic carbocycles. The van der Waals surface area contributed by atoms with E-state index in [1.54, 1.807) is 0 Å². The van der Waals surface area contributed by atoms with Crippen molar-refractivity contribution in [3.8, 4) is 0 Å². The number of hydrogen-bond acceptors (Lipinski definition) is 3. The number of carboxylic acid groups (broad SMARTS) is 1. The maximum atomic E-state index is 9.49. The SMILES string of the molecule is CC(=O)O.CCOC(C)(C)C=CCCC(C)(C)O. The number of rotatable bonds is 6. The number of hydrogen-bond donors (Lipinski definition) is 2. The average molecular weight is 260 g/mol. The minimum atomic E-state index is -0.833. The van der Waals surface area contributed by atoms with Crippen molar-refractivity contribution in [2.75, 3.05) is 6.61 Å². The largest absolute Gasteiger partial charge is 0.481 e. The van der Waals surface area contributed by atoms with E-state index in [2.05, 4.69) is 12.2 Å². The molecule has 0 unspecified atom stereocenters. The van der Waals surface area contributed by atoms with Gasteiger partial charge in [0.25, 0.3) is 5.97 Å². The van der Waals surface area contributed by atoms with E-state index >= 15 is 0 Å². The Balaban J connectivity index is 0. The highest BCUT2D eigenvalue weighted by molar-refractivity contribution is 5.62. The van der Waals surface area contributed by atoms with Gasteiger partial charge in [0.05, 0.1) is 11.2 Å². The summed E-state index contributed by atoms with van der Waals surface area (Å²) in [5.74, 6) is -0.833. The van der Waals surface area contributed by atoms with Crippen LogP contribution in [0.5, 0.6) is 0 Å². The normalized spacial score (nSPS) is 12.2. The zero-order valence-corrected chi connectivity index (χ0v) is 12.5. The van der Waals surface area contributed by atoms with Gasteiger partial charge in [-0.15, -0.1) is 0 Å². The quantitative estimate of drug-likeness (QED) is 0.720. The lowest BCUT2D eigenvalue weighted by atomic mass is 10.0. The summed E-state index contributed by atoms with van der Waals surface area (Å²) in [5.41, 5.74) is -0.756. The Labute approximate surface area is 111 Å². The second-order valence-electron chi connectivity index (χ2n) is 5.31. The zero-order chi connectivity index (χ0) is 14.8. The Morgan fingerprint density at radius 1 is 1.28 bits per heavy atom. The molecule has 0 saturated carbocycles. The number of carboxylic acids is 1. The summed E-state index contributed by atoms with van der Waals surface area (Å²) in [6.07, 6.45) is 5.81. The fraction of sp³-hybridized carbons (Fsp3) is 0.786. The average Bonchev–Trinajstić information content (AvgIpc) is 2.10. The monoisotopic (exact) mass is 260 g/mol. The van der Waals surface area contributed by atoms with Gasteiger partial charge in [0.1, 0.15) is 0 Å². The van der Waals surface area contributed by atoms with Gasteiger partial charge in [-0.05, 0) is 47.5 Å². The van der Waals surface area contributed by atoms with Gasteiger partial charge in [0.15, 0.2) is 0 Å². The first-order valence-electron chi connectivity index (χ1n) is 6.24. The summed E-state index contributed by atoms with van der Waals surface area (Å²) in [6.45, 7) is 11.5. The molecule has 0 saturated heterocycles. The first-order valence-corrected chi connectivity index (χ1v) is 6.24. The van der Waals surface area contributed by atoms with Gasteiger partial charge in [-0.1, -0.05) is 12.2 Å². The molecule has 0 aromatic heterocycles. The van der Waals surface area contributed by atoms with E-state index in [1.807, 2.05) is 34.6 Å². The second kappa shape index (κ2) is 9.11. The number of aliphatic carboxylic acids is 1. The molecule has 4 heteroatoms. The molecule has 0 aromatic rings. The van der Waals surface area contributed by atoms with Crippen molar-refractivity contribution in [3.05, 3.63) is 12.2 Å². The first kappa shape index (κ1) is 19.5. The Bertz CT molecular complexity index is 245. The number of allylic oxidation sites excluding steroid dienone is 1.